The van der Waals surface area contributed by atoms with Crippen LogP contribution >= 0.6 is 0 Å². The van der Waals surface area contributed by atoms with Gasteiger partial charge in [0.25, 0.3) is 0 Å². The lowest BCUT2D eigenvalue weighted by Crippen LogP contribution is -2.44. The Balaban J connectivity index is 2.31. The van der Waals surface area contributed by atoms with Gasteiger partial charge in [-0.2, -0.15) is 0 Å². The van der Waals surface area contributed by atoms with Gasteiger partial charge < -0.3 is 4.65 Å². The summed E-state index contributed by atoms with van der Waals surface area (Å²) in [5, 5.41) is 0. The highest BCUT2D eigenvalue weighted by Gasteiger charge is 2.19. The highest BCUT2D eigenvalue weighted by molar-refractivity contribution is 6.80. The van der Waals surface area contributed by atoms with E-state index in [2.05, 4.69) is 24.3 Å². The molecule has 16 heavy (non-hydrogen) atoms. The van der Waals surface area contributed by atoms with Crippen LogP contribution in [-0.2, 0) is 4.65 Å². The van der Waals surface area contributed by atoms with E-state index in [0.717, 1.165) is 0 Å². The van der Waals surface area contributed by atoms with Crippen molar-refractivity contribution in [2.45, 2.75) is 6.92 Å². The van der Waals surface area contributed by atoms with Crippen molar-refractivity contribution in [1.29, 1.82) is 0 Å². The van der Waals surface area contributed by atoms with Crippen molar-refractivity contribution in [3.8, 4) is 0 Å². The van der Waals surface area contributed by atoms with Crippen molar-refractivity contribution in [2.75, 3.05) is 6.61 Å². The monoisotopic (exact) mass is 210 g/mol. The van der Waals surface area contributed by atoms with Crippen LogP contribution in [0, 0.1) is 0 Å². The Kier molecular flexibility index (Phi) is 3.78. The smallest absolute Gasteiger partial charge is 0.361 e. The molecule has 0 saturated carbocycles. The Morgan fingerprint density at radius 3 is 1.62 bits per heavy atom. The topological polar surface area (TPSA) is 9.23 Å². The molecule has 0 fully saturated rings. The zero-order chi connectivity index (χ0) is 11.2. The molecule has 80 valence electrons. The van der Waals surface area contributed by atoms with E-state index in [9.17, 15) is 0 Å². The molecular formula is C14H15BO. The van der Waals surface area contributed by atoms with Gasteiger partial charge in [-0.3, -0.25) is 0 Å². The molecule has 0 spiro atoms. The summed E-state index contributed by atoms with van der Waals surface area (Å²) in [6.07, 6.45) is 0. The van der Waals surface area contributed by atoms with Crippen LogP contribution in [0.25, 0.3) is 0 Å². The fourth-order valence-electron chi connectivity index (χ4n) is 1.81. The Hall–Kier alpha value is -1.54. The van der Waals surface area contributed by atoms with Crippen molar-refractivity contribution in [3.05, 3.63) is 60.7 Å². The first kappa shape index (κ1) is 11.0. The zero-order valence-electron chi connectivity index (χ0n) is 9.47. The standard InChI is InChI=1S/C14H15BO/c1-2-16-15(13-9-5-3-6-10-13)14-11-7-4-8-12-14/h3-12H,2H2,1H3. The Morgan fingerprint density at radius 1 is 0.812 bits per heavy atom. The molecular weight excluding hydrogens is 195 g/mol. The second-order valence-electron chi connectivity index (χ2n) is 3.66. The van der Waals surface area contributed by atoms with Gasteiger partial charge >= 0.3 is 6.92 Å². The molecule has 2 aromatic carbocycles. The van der Waals surface area contributed by atoms with E-state index in [-0.39, 0.29) is 6.92 Å². The van der Waals surface area contributed by atoms with Gasteiger partial charge in [0.2, 0.25) is 0 Å². The first-order chi connectivity index (χ1) is 7.92. The lowest BCUT2D eigenvalue weighted by atomic mass is 9.55. The predicted octanol–water partition coefficient (Wildman–Crippen LogP) is 1.83. The van der Waals surface area contributed by atoms with E-state index in [1.54, 1.807) is 0 Å². The van der Waals surface area contributed by atoms with Crippen LogP contribution in [0.15, 0.2) is 60.7 Å². The van der Waals surface area contributed by atoms with Crippen molar-refractivity contribution < 1.29 is 4.65 Å². The Morgan fingerprint density at radius 2 is 1.25 bits per heavy atom. The molecule has 0 aromatic heterocycles. The van der Waals surface area contributed by atoms with Crippen LogP contribution in [0.4, 0.5) is 0 Å². The lowest BCUT2D eigenvalue weighted by molar-refractivity contribution is 0.358. The molecule has 0 heterocycles. The average Bonchev–Trinajstić information content (AvgIpc) is 2.38. The Bertz CT molecular complexity index is 374. The van der Waals surface area contributed by atoms with Gasteiger partial charge in [-0.1, -0.05) is 60.7 Å². The molecule has 2 aromatic rings. The third-order valence-electron chi connectivity index (χ3n) is 2.54. The van der Waals surface area contributed by atoms with Gasteiger partial charge in [-0.05, 0) is 17.8 Å². The van der Waals surface area contributed by atoms with Gasteiger partial charge in [-0.25, -0.2) is 0 Å². The number of rotatable bonds is 4. The summed E-state index contributed by atoms with van der Waals surface area (Å²) in [7, 11) is 0. The zero-order valence-corrected chi connectivity index (χ0v) is 9.47. The maximum atomic E-state index is 5.81. The van der Waals surface area contributed by atoms with E-state index in [1.807, 2.05) is 43.3 Å². The summed E-state index contributed by atoms with van der Waals surface area (Å²) in [4.78, 5) is 0. The summed E-state index contributed by atoms with van der Waals surface area (Å²) in [5.74, 6) is 0. The molecule has 0 aliphatic heterocycles. The van der Waals surface area contributed by atoms with E-state index in [1.165, 1.54) is 10.9 Å². The van der Waals surface area contributed by atoms with Crippen molar-refractivity contribution in [3.63, 3.8) is 0 Å². The summed E-state index contributed by atoms with van der Waals surface area (Å²) >= 11 is 0. The van der Waals surface area contributed by atoms with Crippen molar-refractivity contribution >= 4 is 17.8 Å². The molecule has 0 bridgehead atoms. The Labute approximate surface area is 97.2 Å². The van der Waals surface area contributed by atoms with E-state index in [0.29, 0.717) is 6.61 Å². The normalized spacial score (nSPS) is 10.1. The number of benzene rings is 2. The number of hydrogen-bond acceptors (Lipinski definition) is 1. The van der Waals surface area contributed by atoms with Crippen LogP contribution in [-0.4, -0.2) is 13.5 Å². The molecule has 1 nitrogen and oxygen atoms in total. The fourth-order valence-corrected chi connectivity index (χ4v) is 1.81. The van der Waals surface area contributed by atoms with Crippen LogP contribution in [0.1, 0.15) is 6.92 Å². The second-order valence-corrected chi connectivity index (χ2v) is 3.66. The van der Waals surface area contributed by atoms with Crippen LogP contribution < -0.4 is 10.9 Å². The SMILES string of the molecule is CCOB(c1ccccc1)c1ccccc1. The molecule has 2 rings (SSSR count). The minimum Gasteiger partial charge on any atom is -0.427 e. The molecule has 0 aliphatic carbocycles. The largest absolute Gasteiger partial charge is 0.427 e. The first-order valence-electron chi connectivity index (χ1n) is 5.63. The van der Waals surface area contributed by atoms with Gasteiger partial charge in [0, 0.05) is 6.61 Å². The highest BCUT2D eigenvalue weighted by atomic mass is 16.4. The average molecular weight is 210 g/mol. The lowest BCUT2D eigenvalue weighted by Gasteiger charge is -2.13. The van der Waals surface area contributed by atoms with E-state index in [4.69, 9.17) is 4.65 Å². The summed E-state index contributed by atoms with van der Waals surface area (Å²) < 4.78 is 5.81. The van der Waals surface area contributed by atoms with Gasteiger partial charge in [0.05, 0.1) is 0 Å². The number of hydrogen-bond donors (Lipinski definition) is 0. The van der Waals surface area contributed by atoms with Gasteiger partial charge in [0.1, 0.15) is 0 Å². The predicted molar refractivity (Wildman–Crippen MR) is 69.5 cm³/mol. The van der Waals surface area contributed by atoms with E-state index < -0.39 is 0 Å². The molecule has 0 saturated heterocycles. The van der Waals surface area contributed by atoms with E-state index >= 15 is 0 Å². The summed E-state index contributed by atoms with van der Waals surface area (Å²) in [5.41, 5.74) is 2.41. The molecule has 0 aliphatic rings. The second kappa shape index (κ2) is 5.52. The minimum atomic E-state index is 0.0485. The third-order valence-corrected chi connectivity index (χ3v) is 2.54. The molecule has 0 amide bonds. The van der Waals surface area contributed by atoms with Gasteiger partial charge in [-0.15, -0.1) is 0 Å². The maximum Gasteiger partial charge on any atom is 0.361 e. The quantitative estimate of drug-likeness (QED) is 0.699. The van der Waals surface area contributed by atoms with Crippen LogP contribution in [0.5, 0.6) is 0 Å². The van der Waals surface area contributed by atoms with Crippen molar-refractivity contribution in [2.24, 2.45) is 0 Å². The minimum absolute atomic E-state index is 0.0485. The molecule has 0 N–H and O–H groups in total. The highest BCUT2D eigenvalue weighted by Crippen LogP contribution is 1.94. The van der Waals surface area contributed by atoms with Crippen molar-refractivity contribution in [1.82, 2.24) is 0 Å². The first-order valence-corrected chi connectivity index (χ1v) is 5.63. The summed E-state index contributed by atoms with van der Waals surface area (Å²) in [6, 6.07) is 20.7. The third kappa shape index (κ3) is 2.53. The fraction of sp³-hybridized carbons (Fsp3) is 0.143. The van der Waals surface area contributed by atoms with Crippen LogP contribution in [0.3, 0.4) is 0 Å². The summed E-state index contributed by atoms with van der Waals surface area (Å²) in [6.45, 7) is 2.79. The molecule has 0 atom stereocenters. The molecule has 0 unspecified atom stereocenters. The maximum absolute atomic E-state index is 5.81. The molecule has 2 heteroatoms. The van der Waals surface area contributed by atoms with Gasteiger partial charge in [0.15, 0.2) is 0 Å². The molecule has 0 radical (unpaired) electrons. The van der Waals surface area contributed by atoms with Crippen LogP contribution in [0.2, 0.25) is 0 Å².